The van der Waals surface area contributed by atoms with Crippen LogP contribution in [0, 0.1) is 12.3 Å². The molecular weight excluding hydrogens is 228 g/mol. The molecule has 0 amide bonds. The molecule has 0 atom stereocenters. The quantitative estimate of drug-likeness (QED) is 0.842. The van der Waals surface area contributed by atoms with Crippen LogP contribution in [-0.4, -0.2) is 17.3 Å². The molecule has 0 bridgehead atoms. The van der Waals surface area contributed by atoms with Crippen LogP contribution in [0.4, 0.5) is 0 Å². The predicted molar refractivity (Wildman–Crippen MR) is 68.4 cm³/mol. The number of rotatable bonds is 3. The number of hydrogen-bond acceptors (Lipinski definition) is 4. The van der Waals surface area contributed by atoms with Crippen molar-refractivity contribution in [2.24, 2.45) is 11.1 Å². The summed E-state index contributed by atoms with van der Waals surface area (Å²) in [5.74, 6) is 0.763. The molecule has 3 rings (SSSR count). The Kier molecular flexibility index (Phi) is 2.48. The van der Waals surface area contributed by atoms with Crippen molar-refractivity contribution in [2.45, 2.75) is 26.2 Å². The molecule has 94 valence electrons. The Morgan fingerprint density at radius 2 is 2.28 bits per heavy atom. The van der Waals surface area contributed by atoms with Crippen molar-refractivity contribution in [2.75, 3.05) is 6.54 Å². The third-order valence-corrected chi connectivity index (χ3v) is 3.94. The van der Waals surface area contributed by atoms with Crippen molar-refractivity contribution in [3.8, 4) is 0 Å². The fraction of sp³-hybridized carbons (Fsp3) is 0.429. The highest BCUT2D eigenvalue weighted by molar-refractivity contribution is 6.03. The van der Waals surface area contributed by atoms with Crippen LogP contribution in [-0.2, 0) is 0 Å². The smallest absolute Gasteiger partial charge is 0.192 e. The summed E-state index contributed by atoms with van der Waals surface area (Å²) in [5, 5.41) is 0. The minimum absolute atomic E-state index is 0.146. The molecule has 2 aromatic rings. The molecular formula is C14H16N2O2. The first-order valence-corrected chi connectivity index (χ1v) is 6.27. The summed E-state index contributed by atoms with van der Waals surface area (Å²) in [7, 11) is 0. The van der Waals surface area contributed by atoms with E-state index in [9.17, 15) is 4.79 Å². The van der Waals surface area contributed by atoms with Crippen LogP contribution in [0.3, 0.4) is 0 Å². The van der Waals surface area contributed by atoms with Crippen molar-refractivity contribution < 1.29 is 9.21 Å². The Bertz CT molecular complexity index is 606. The van der Waals surface area contributed by atoms with E-state index in [0.717, 1.165) is 24.8 Å². The lowest BCUT2D eigenvalue weighted by Gasteiger charge is -2.39. The van der Waals surface area contributed by atoms with Crippen LogP contribution in [0.2, 0.25) is 0 Å². The van der Waals surface area contributed by atoms with E-state index >= 15 is 0 Å². The monoisotopic (exact) mass is 244 g/mol. The topological polar surface area (TPSA) is 69.1 Å². The predicted octanol–water partition coefficient (Wildman–Crippen LogP) is 2.45. The molecule has 2 N–H and O–H groups in total. The first-order chi connectivity index (χ1) is 8.64. The SMILES string of the molecule is Cc1nc2ccc(C(=O)C3(CN)CCC3)cc2o1. The number of oxazole rings is 1. The number of nitrogens with two attached hydrogens (primary N) is 1. The number of hydrogen-bond donors (Lipinski definition) is 1. The molecule has 18 heavy (non-hydrogen) atoms. The van der Waals surface area contributed by atoms with Crippen LogP contribution >= 0.6 is 0 Å². The van der Waals surface area contributed by atoms with Gasteiger partial charge in [0.25, 0.3) is 0 Å². The van der Waals surface area contributed by atoms with Gasteiger partial charge >= 0.3 is 0 Å². The molecule has 0 unspecified atom stereocenters. The van der Waals surface area contributed by atoms with Gasteiger partial charge in [0.15, 0.2) is 17.3 Å². The highest BCUT2D eigenvalue weighted by atomic mass is 16.3. The van der Waals surface area contributed by atoms with Gasteiger partial charge in [0.2, 0.25) is 0 Å². The van der Waals surface area contributed by atoms with Crippen LogP contribution in [0.15, 0.2) is 22.6 Å². The molecule has 1 aromatic heterocycles. The molecule has 1 aliphatic rings. The number of benzene rings is 1. The zero-order valence-electron chi connectivity index (χ0n) is 10.4. The molecule has 1 aliphatic carbocycles. The first kappa shape index (κ1) is 11.4. The van der Waals surface area contributed by atoms with E-state index in [1.807, 2.05) is 12.1 Å². The molecule has 0 saturated heterocycles. The Hall–Kier alpha value is -1.68. The molecule has 4 nitrogen and oxygen atoms in total. The third kappa shape index (κ3) is 1.56. The summed E-state index contributed by atoms with van der Waals surface area (Å²) in [6.07, 6.45) is 2.89. The maximum atomic E-state index is 12.5. The fourth-order valence-corrected chi connectivity index (χ4v) is 2.61. The molecule has 0 radical (unpaired) electrons. The van der Waals surface area contributed by atoms with Gasteiger partial charge in [0.1, 0.15) is 5.52 Å². The van der Waals surface area contributed by atoms with E-state index in [1.54, 1.807) is 13.0 Å². The molecule has 4 heteroatoms. The largest absolute Gasteiger partial charge is 0.441 e. The molecule has 1 aromatic carbocycles. The lowest BCUT2D eigenvalue weighted by atomic mass is 9.64. The van der Waals surface area contributed by atoms with E-state index in [-0.39, 0.29) is 11.2 Å². The van der Waals surface area contributed by atoms with E-state index in [1.165, 1.54) is 0 Å². The highest BCUT2D eigenvalue weighted by Crippen LogP contribution is 2.42. The van der Waals surface area contributed by atoms with E-state index in [2.05, 4.69) is 4.98 Å². The van der Waals surface area contributed by atoms with Gasteiger partial charge in [-0.25, -0.2) is 4.98 Å². The van der Waals surface area contributed by atoms with Crippen LogP contribution < -0.4 is 5.73 Å². The summed E-state index contributed by atoms with van der Waals surface area (Å²) < 4.78 is 5.46. The minimum atomic E-state index is -0.331. The van der Waals surface area contributed by atoms with Crippen LogP contribution in [0.5, 0.6) is 0 Å². The highest BCUT2D eigenvalue weighted by Gasteiger charge is 2.43. The summed E-state index contributed by atoms with van der Waals surface area (Å²) in [6, 6.07) is 5.44. The average Bonchev–Trinajstić information content (AvgIpc) is 2.67. The van der Waals surface area contributed by atoms with Gasteiger partial charge in [0.05, 0.1) is 0 Å². The number of aryl methyl sites for hydroxylation is 1. The standard InChI is InChI=1S/C14H16N2O2/c1-9-16-11-4-3-10(7-12(11)18-9)13(17)14(8-15)5-2-6-14/h3-4,7H,2,5-6,8,15H2,1H3. The van der Waals surface area contributed by atoms with Crippen molar-refractivity contribution in [3.05, 3.63) is 29.7 Å². The van der Waals surface area contributed by atoms with E-state index in [4.69, 9.17) is 10.2 Å². The molecule has 0 spiro atoms. The van der Waals surface area contributed by atoms with Crippen LogP contribution in [0.1, 0.15) is 35.5 Å². The summed E-state index contributed by atoms with van der Waals surface area (Å²) in [4.78, 5) is 16.7. The van der Waals surface area contributed by atoms with Gasteiger partial charge in [-0.15, -0.1) is 0 Å². The van der Waals surface area contributed by atoms with Gasteiger partial charge in [0, 0.05) is 24.4 Å². The number of fused-ring (bicyclic) bond motifs is 1. The fourth-order valence-electron chi connectivity index (χ4n) is 2.61. The maximum Gasteiger partial charge on any atom is 0.192 e. The number of carbonyl (C=O) groups is 1. The first-order valence-electron chi connectivity index (χ1n) is 6.27. The zero-order chi connectivity index (χ0) is 12.8. The second kappa shape index (κ2) is 3.92. The van der Waals surface area contributed by atoms with E-state index < -0.39 is 0 Å². The summed E-state index contributed by atoms with van der Waals surface area (Å²) >= 11 is 0. The van der Waals surface area contributed by atoms with Gasteiger partial charge < -0.3 is 10.2 Å². The van der Waals surface area contributed by atoms with Gasteiger partial charge in [-0.2, -0.15) is 0 Å². The van der Waals surface area contributed by atoms with Gasteiger partial charge in [-0.05, 0) is 31.0 Å². The average molecular weight is 244 g/mol. The number of Topliss-reactive ketones (excluding diaryl/α,β-unsaturated/α-hetero) is 1. The number of aromatic nitrogens is 1. The second-order valence-electron chi connectivity index (χ2n) is 5.08. The summed E-state index contributed by atoms with van der Waals surface area (Å²) in [5.41, 5.74) is 7.58. The number of nitrogens with zero attached hydrogens (tertiary/aromatic N) is 1. The minimum Gasteiger partial charge on any atom is -0.441 e. The van der Waals surface area contributed by atoms with Crippen molar-refractivity contribution in [3.63, 3.8) is 0 Å². The number of carbonyl (C=O) groups excluding carboxylic acids is 1. The Labute approximate surface area is 105 Å². The van der Waals surface area contributed by atoms with Crippen LogP contribution in [0.25, 0.3) is 11.1 Å². The lowest BCUT2D eigenvalue weighted by Crippen LogP contribution is -2.44. The van der Waals surface area contributed by atoms with E-state index in [0.29, 0.717) is 23.6 Å². The lowest BCUT2D eigenvalue weighted by molar-refractivity contribution is 0.0636. The third-order valence-electron chi connectivity index (χ3n) is 3.94. The van der Waals surface area contributed by atoms with Crippen molar-refractivity contribution >= 4 is 16.9 Å². The Morgan fingerprint density at radius 3 is 2.89 bits per heavy atom. The maximum absolute atomic E-state index is 12.5. The second-order valence-corrected chi connectivity index (χ2v) is 5.08. The van der Waals surface area contributed by atoms with Gasteiger partial charge in [-0.1, -0.05) is 6.42 Å². The van der Waals surface area contributed by atoms with Crippen molar-refractivity contribution in [1.82, 2.24) is 4.98 Å². The Balaban J connectivity index is 2.01. The molecule has 1 fully saturated rings. The molecule has 1 heterocycles. The van der Waals surface area contributed by atoms with Crippen molar-refractivity contribution in [1.29, 1.82) is 0 Å². The normalized spacial score (nSPS) is 17.7. The van der Waals surface area contributed by atoms with Gasteiger partial charge in [-0.3, -0.25) is 4.79 Å². The Morgan fingerprint density at radius 1 is 1.50 bits per heavy atom. The molecule has 1 saturated carbocycles. The molecule has 0 aliphatic heterocycles. The number of ketones is 1. The zero-order valence-corrected chi connectivity index (χ0v) is 10.4. The summed E-state index contributed by atoms with van der Waals surface area (Å²) in [6.45, 7) is 2.23.